The Hall–Kier alpha value is -3.33. The Morgan fingerprint density at radius 2 is 1.79 bits per heavy atom. The van der Waals surface area contributed by atoms with E-state index >= 15 is 0 Å². The molecule has 0 saturated heterocycles. The van der Waals surface area contributed by atoms with E-state index < -0.39 is 23.7 Å². The Kier molecular flexibility index (Phi) is 6.50. The van der Waals surface area contributed by atoms with E-state index in [2.05, 4.69) is 15.8 Å². The maximum Gasteiger partial charge on any atom is 0.288 e. The summed E-state index contributed by atoms with van der Waals surface area (Å²) in [5.41, 5.74) is 5.75. The summed E-state index contributed by atoms with van der Waals surface area (Å²) in [4.78, 5) is 29.1. The van der Waals surface area contributed by atoms with Crippen LogP contribution in [0, 0.1) is 5.82 Å². The van der Waals surface area contributed by atoms with E-state index in [0.29, 0.717) is 10.9 Å². The summed E-state index contributed by atoms with van der Waals surface area (Å²) in [5.74, 6) is -1.14. The van der Waals surface area contributed by atoms with E-state index in [-0.39, 0.29) is 5.69 Å². The fourth-order valence-corrected chi connectivity index (χ4v) is 3.06. The molecule has 0 radical (unpaired) electrons. The van der Waals surface area contributed by atoms with Crippen molar-refractivity contribution in [3.05, 3.63) is 72.3 Å². The van der Waals surface area contributed by atoms with Crippen LogP contribution in [0.25, 0.3) is 5.69 Å². The number of amides is 2. The van der Waals surface area contributed by atoms with Crippen molar-refractivity contribution in [3.8, 4) is 11.4 Å². The van der Waals surface area contributed by atoms with Crippen molar-refractivity contribution in [2.45, 2.75) is 18.2 Å². The lowest BCUT2D eigenvalue weighted by atomic mass is 10.3. The van der Waals surface area contributed by atoms with Gasteiger partial charge in [-0.1, -0.05) is 30.0 Å². The molecule has 2 amide bonds. The first kappa shape index (κ1) is 20.4. The van der Waals surface area contributed by atoms with Crippen molar-refractivity contribution in [3.63, 3.8) is 0 Å². The molecule has 1 atom stereocenters. The molecule has 0 saturated carbocycles. The Bertz CT molecular complexity index is 993. The quantitative estimate of drug-likeness (QED) is 0.479. The minimum Gasteiger partial charge on any atom is -0.481 e. The Labute approximate surface area is 171 Å². The van der Waals surface area contributed by atoms with Crippen molar-refractivity contribution in [1.29, 1.82) is 0 Å². The standard InChI is InChI=1S/C20H19FN4O3S/c1-13(28-16-10-8-14(21)9-11-16)18(26)23-24-19(27)17-12-22-20(29-2)25(17)15-6-4-3-5-7-15/h3-13H,1-2H3,(H,23,26)(H,24,27). The lowest BCUT2D eigenvalue weighted by molar-refractivity contribution is -0.128. The van der Waals surface area contributed by atoms with Crippen LogP contribution < -0.4 is 15.6 Å². The number of carbonyl (C=O) groups excluding carboxylic acids is 2. The van der Waals surface area contributed by atoms with E-state index in [1.165, 1.54) is 49.1 Å². The zero-order valence-electron chi connectivity index (χ0n) is 15.8. The third kappa shape index (κ3) is 4.94. The van der Waals surface area contributed by atoms with E-state index in [4.69, 9.17) is 4.74 Å². The molecule has 0 aliphatic heterocycles. The number of ether oxygens (including phenoxy) is 1. The lowest BCUT2D eigenvalue weighted by Gasteiger charge is -2.16. The summed E-state index contributed by atoms with van der Waals surface area (Å²) in [7, 11) is 0. The molecule has 7 nitrogen and oxygen atoms in total. The van der Waals surface area contributed by atoms with Crippen LogP contribution in [0.15, 0.2) is 66.0 Å². The zero-order valence-corrected chi connectivity index (χ0v) is 16.6. The zero-order chi connectivity index (χ0) is 20.8. The Morgan fingerprint density at radius 3 is 2.45 bits per heavy atom. The summed E-state index contributed by atoms with van der Waals surface area (Å²) >= 11 is 1.40. The number of carbonyl (C=O) groups is 2. The van der Waals surface area contributed by atoms with Crippen molar-refractivity contribution < 1.29 is 18.7 Å². The third-order valence-electron chi connectivity index (χ3n) is 3.95. The first-order chi connectivity index (χ1) is 14.0. The molecule has 0 aliphatic rings. The van der Waals surface area contributed by atoms with E-state index in [9.17, 15) is 14.0 Å². The molecule has 2 N–H and O–H groups in total. The van der Waals surface area contributed by atoms with Gasteiger partial charge < -0.3 is 4.74 Å². The average molecular weight is 414 g/mol. The van der Waals surface area contributed by atoms with Crippen LogP contribution in [-0.2, 0) is 4.79 Å². The van der Waals surface area contributed by atoms with Crippen LogP contribution in [0.2, 0.25) is 0 Å². The molecule has 1 heterocycles. The van der Waals surface area contributed by atoms with Crippen LogP contribution >= 0.6 is 11.8 Å². The minimum atomic E-state index is -0.901. The SMILES string of the molecule is CSc1ncc(C(=O)NNC(=O)C(C)Oc2ccc(F)cc2)n1-c1ccccc1. The Morgan fingerprint density at radius 1 is 1.10 bits per heavy atom. The molecule has 29 heavy (non-hydrogen) atoms. The van der Waals surface area contributed by atoms with E-state index in [0.717, 1.165) is 5.69 Å². The highest BCUT2D eigenvalue weighted by Gasteiger charge is 2.20. The second kappa shape index (κ2) is 9.24. The van der Waals surface area contributed by atoms with Gasteiger partial charge in [-0.25, -0.2) is 9.37 Å². The number of nitrogens with one attached hydrogen (secondary N) is 2. The summed E-state index contributed by atoms with van der Waals surface area (Å²) in [6, 6.07) is 14.6. The van der Waals surface area contributed by atoms with Crippen molar-refractivity contribution in [2.24, 2.45) is 0 Å². The number of halogens is 1. The van der Waals surface area contributed by atoms with Crippen LogP contribution in [0.3, 0.4) is 0 Å². The van der Waals surface area contributed by atoms with Crippen LogP contribution in [-0.4, -0.2) is 33.7 Å². The number of benzene rings is 2. The number of thioether (sulfide) groups is 1. The lowest BCUT2D eigenvalue weighted by Crippen LogP contribution is -2.47. The molecular formula is C20H19FN4O3S. The van der Waals surface area contributed by atoms with Crippen LogP contribution in [0.4, 0.5) is 4.39 Å². The molecule has 0 fully saturated rings. The molecular weight excluding hydrogens is 395 g/mol. The highest BCUT2D eigenvalue weighted by atomic mass is 32.2. The monoisotopic (exact) mass is 414 g/mol. The number of rotatable bonds is 6. The molecule has 0 aliphatic carbocycles. The fraction of sp³-hybridized carbons (Fsp3) is 0.150. The topological polar surface area (TPSA) is 85.2 Å². The molecule has 1 aromatic heterocycles. The summed E-state index contributed by atoms with van der Waals surface area (Å²) in [6.07, 6.45) is 2.40. The molecule has 1 unspecified atom stereocenters. The number of nitrogens with zero attached hydrogens (tertiary/aromatic N) is 2. The molecule has 150 valence electrons. The van der Waals surface area contributed by atoms with Crippen molar-refractivity contribution in [2.75, 3.05) is 6.26 Å². The maximum atomic E-state index is 12.9. The normalized spacial score (nSPS) is 11.6. The second-order valence-electron chi connectivity index (χ2n) is 5.96. The highest BCUT2D eigenvalue weighted by molar-refractivity contribution is 7.98. The summed E-state index contributed by atoms with van der Waals surface area (Å²) < 4.78 is 20.1. The predicted octanol–water partition coefficient (Wildman–Crippen LogP) is 2.96. The van der Waals surface area contributed by atoms with Gasteiger partial charge in [0.25, 0.3) is 11.8 Å². The Balaban J connectivity index is 1.65. The van der Waals surface area contributed by atoms with E-state index in [1.54, 1.807) is 4.57 Å². The maximum absolute atomic E-state index is 12.9. The number of hydrogen-bond donors (Lipinski definition) is 2. The molecule has 2 aromatic carbocycles. The van der Waals surface area contributed by atoms with Gasteiger partial charge in [0.05, 0.1) is 6.20 Å². The summed E-state index contributed by atoms with van der Waals surface area (Å²) in [6.45, 7) is 1.52. The first-order valence-corrected chi connectivity index (χ1v) is 9.91. The largest absolute Gasteiger partial charge is 0.481 e. The van der Waals surface area contributed by atoms with Gasteiger partial charge in [0.15, 0.2) is 11.3 Å². The number of aromatic nitrogens is 2. The fourth-order valence-electron chi connectivity index (χ4n) is 2.52. The van der Waals surface area contributed by atoms with E-state index in [1.807, 2.05) is 36.6 Å². The van der Waals surface area contributed by atoms with Gasteiger partial charge in [-0.15, -0.1) is 0 Å². The van der Waals surface area contributed by atoms with Gasteiger partial charge in [-0.2, -0.15) is 0 Å². The van der Waals surface area contributed by atoms with Gasteiger partial charge in [0, 0.05) is 5.69 Å². The average Bonchev–Trinajstić information content (AvgIpc) is 3.18. The highest BCUT2D eigenvalue weighted by Crippen LogP contribution is 2.21. The van der Waals surface area contributed by atoms with Gasteiger partial charge >= 0.3 is 0 Å². The third-order valence-corrected chi connectivity index (χ3v) is 4.61. The van der Waals surface area contributed by atoms with Gasteiger partial charge in [-0.3, -0.25) is 25.0 Å². The molecule has 0 spiro atoms. The smallest absolute Gasteiger partial charge is 0.288 e. The van der Waals surface area contributed by atoms with Crippen molar-refractivity contribution >= 4 is 23.6 Å². The predicted molar refractivity (Wildman–Crippen MR) is 107 cm³/mol. The van der Waals surface area contributed by atoms with Gasteiger partial charge in [0.2, 0.25) is 0 Å². The summed E-state index contributed by atoms with van der Waals surface area (Å²) in [5, 5.41) is 0.640. The van der Waals surface area contributed by atoms with Crippen LogP contribution in [0.1, 0.15) is 17.4 Å². The number of hydrazine groups is 1. The molecule has 3 aromatic rings. The molecule has 3 rings (SSSR count). The van der Waals surface area contributed by atoms with Gasteiger partial charge in [0.1, 0.15) is 17.3 Å². The van der Waals surface area contributed by atoms with Crippen molar-refractivity contribution in [1.82, 2.24) is 20.4 Å². The molecule has 9 heteroatoms. The second-order valence-corrected chi connectivity index (χ2v) is 6.73. The van der Waals surface area contributed by atoms with Crippen LogP contribution in [0.5, 0.6) is 5.75 Å². The van der Waals surface area contributed by atoms with Gasteiger partial charge in [-0.05, 0) is 49.6 Å². The first-order valence-electron chi connectivity index (χ1n) is 8.69. The molecule has 0 bridgehead atoms. The minimum absolute atomic E-state index is 0.271. The number of hydrogen-bond acceptors (Lipinski definition) is 5. The number of imidazole rings is 1. The number of para-hydroxylation sites is 1.